The van der Waals surface area contributed by atoms with E-state index in [1.165, 1.54) is 26.4 Å². The number of carbonyl (C=O) groups is 9. The Morgan fingerprint density at radius 1 is 0.806 bits per heavy atom. The van der Waals surface area contributed by atoms with E-state index in [-0.39, 0.29) is 51.5 Å². The van der Waals surface area contributed by atoms with Crippen LogP contribution in [0.1, 0.15) is 76.1 Å². The van der Waals surface area contributed by atoms with Crippen molar-refractivity contribution in [3.05, 3.63) is 90.1 Å². The van der Waals surface area contributed by atoms with E-state index in [4.69, 9.17) is 5.73 Å². The molecule has 5 rings (SSSR count). The van der Waals surface area contributed by atoms with E-state index in [0.29, 0.717) is 29.7 Å². The minimum atomic E-state index is -1.40. The number of aromatic amines is 2. The number of nitrogens with zero attached hydrogens (tertiary/aromatic N) is 1. The highest BCUT2D eigenvalue weighted by Crippen LogP contribution is 2.19. The second kappa shape index (κ2) is 24.6. The number of imidazole rings is 1. The van der Waals surface area contributed by atoms with E-state index in [0.717, 1.165) is 10.9 Å². The van der Waals surface area contributed by atoms with Gasteiger partial charge in [-0.2, -0.15) is 0 Å². The van der Waals surface area contributed by atoms with Crippen LogP contribution >= 0.6 is 0 Å². The van der Waals surface area contributed by atoms with Crippen LogP contribution in [0.15, 0.2) is 73.3 Å². The summed E-state index contributed by atoms with van der Waals surface area (Å²) in [5.74, 6) is -6.61. The minimum Gasteiger partial charge on any atom is -0.368 e. The van der Waals surface area contributed by atoms with Gasteiger partial charge in [-0.15, -0.1) is 0 Å². The summed E-state index contributed by atoms with van der Waals surface area (Å²) in [6.45, 7) is 4.36. The molecule has 0 unspecified atom stereocenters. The SMILES string of the molecule is CCCC[C@H](NC(C)=O)C(=O)N[C@H]1CCC(=O)NCC[C@@H](C(=O)N[C@@H](Cc2c[nH]c3ccccc23)C(N)=O)NC(=O)[C@H](C)NC(=O)[C@@H](Cc2ccccc2)NC(=O)[C@H](Cc2c[nH]cn2)NC1=O. The molecule has 12 N–H and O–H groups in total. The van der Waals surface area contributed by atoms with Crippen LogP contribution in [0.2, 0.25) is 0 Å². The first-order valence-electron chi connectivity index (χ1n) is 22.3. The fourth-order valence-corrected chi connectivity index (χ4v) is 7.57. The maximum atomic E-state index is 14.3. The first-order chi connectivity index (χ1) is 32.1. The molecule has 2 aromatic heterocycles. The standard InChI is InChI=1S/C46H60N12O9/c1-4-5-14-33(53-27(3)59)42(63)55-34-16-17-39(60)49-19-18-35(44(65)56-36(40(47)61)21-29-23-50-32-15-10-9-13-31(29)32)54-41(62)26(2)52-45(66)37(20-28-11-7-6-8-12-28)57-46(67)38(58-43(34)64)22-30-24-48-25-51-30/h6-13,15,23-26,33-38,50H,4-5,14,16-22H2,1-3H3,(H2,47,61)(H,48,51)(H,49,60)(H,52,66)(H,53,59)(H,54,62)(H,55,63)(H,56,65)(H,57,67)(H,58,64)/t26-,33-,34-,35-,36-,37+,38-/m0/s1. The van der Waals surface area contributed by atoms with Crippen LogP contribution in [0.3, 0.4) is 0 Å². The number of nitrogens with two attached hydrogens (primary N) is 1. The summed E-state index contributed by atoms with van der Waals surface area (Å²) in [4.78, 5) is 132. The fourth-order valence-electron chi connectivity index (χ4n) is 7.57. The highest BCUT2D eigenvalue weighted by molar-refractivity contribution is 5.98. The van der Waals surface area contributed by atoms with Crippen LogP contribution in [0.25, 0.3) is 10.9 Å². The summed E-state index contributed by atoms with van der Waals surface area (Å²) in [5, 5.41) is 22.0. The Morgan fingerprint density at radius 2 is 1.51 bits per heavy atom. The molecule has 0 saturated carbocycles. The van der Waals surface area contributed by atoms with Crippen molar-refractivity contribution in [1.82, 2.24) is 57.5 Å². The predicted octanol–water partition coefficient (Wildman–Crippen LogP) is -0.672. The van der Waals surface area contributed by atoms with Crippen molar-refractivity contribution in [3.8, 4) is 0 Å². The third-order valence-corrected chi connectivity index (χ3v) is 11.2. The van der Waals surface area contributed by atoms with E-state index in [1.54, 1.807) is 36.5 Å². The maximum Gasteiger partial charge on any atom is 0.243 e. The van der Waals surface area contributed by atoms with Crippen LogP contribution < -0.4 is 48.3 Å². The van der Waals surface area contributed by atoms with Crippen molar-refractivity contribution < 1.29 is 43.2 Å². The Kier molecular flexibility index (Phi) is 18.5. The lowest BCUT2D eigenvalue weighted by Gasteiger charge is -2.27. The molecule has 1 saturated heterocycles. The van der Waals surface area contributed by atoms with Crippen molar-refractivity contribution in [2.45, 2.75) is 121 Å². The summed E-state index contributed by atoms with van der Waals surface area (Å²) in [6.07, 6.45) is 5.17. The molecule has 1 aliphatic rings. The topological polar surface area (TPSA) is 320 Å². The van der Waals surface area contributed by atoms with Gasteiger partial charge in [0.2, 0.25) is 53.2 Å². The zero-order chi connectivity index (χ0) is 48.5. The Morgan fingerprint density at radius 3 is 2.21 bits per heavy atom. The van der Waals surface area contributed by atoms with Crippen LogP contribution in [-0.4, -0.2) is 117 Å². The van der Waals surface area contributed by atoms with Crippen molar-refractivity contribution in [2.24, 2.45) is 5.73 Å². The number of H-pyrrole nitrogens is 2. The molecule has 0 aliphatic carbocycles. The van der Waals surface area contributed by atoms with Crippen LogP contribution in [-0.2, 0) is 62.4 Å². The number of unbranched alkanes of at least 4 members (excludes halogenated alkanes) is 1. The third-order valence-electron chi connectivity index (χ3n) is 11.2. The molecule has 9 amide bonds. The molecule has 2 aromatic carbocycles. The van der Waals surface area contributed by atoms with Crippen molar-refractivity contribution in [2.75, 3.05) is 6.54 Å². The summed E-state index contributed by atoms with van der Waals surface area (Å²) in [6, 6.07) is 7.17. The molecule has 3 heterocycles. The molecule has 0 spiro atoms. The molecule has 1 fully saturated rings. The van der Waals surface area contributed by atoms with Gasteiger partial charge >= 0.3 is 0 Å². The highest BCUT2D eigenvalue weighted by atomic mass is 16.2. The summed E-state index contributed by atoms with van der Waals surface area (Å²) in [5.41, 5.74) is 8.29. The van der Waals surface area contributed by atoms with Gasteiger partial charge in [0.15, 0.2) is 0 Å². The number of hydrogen-bond donors (Lipinski definition) is 11. The predicted molar refractivity (Wildman–Crippen MR) is 245 cm³/mol. The molecular weight excluding hydrogens is 865 g/mol. The van der Waals surface area contributed by atoms with E-state index < -0.39 is 95.5 Å². The van der Waals surface area contributed by atoms with Gasteiger partial charge in [0.1, 0.15) is 42.3 Å². The van der Waals surface area contributed by atoms with Gasteiger partial charge < -0.3 is 58.2 Å². The summed E-state index contributed by atoms with van der Waals surface area (Å²) >= 11 is 0. The number of nitrogens with one attached hydrogen (secondary N) is 10. The monoisotopic (exact) mass is 924 g/mol. The Labute approximate surface area is 387 Å². The summed E-state index contributed by atoms with van der Waals surface area (Å²) in [7, 11) is 0. The lowest BCUT2D eigenvalue weighted by atomic mass is 10.0. The molecule has 21 nitrogen and oxygen atoms in total. The van der Waals surface area contributed by atoms with E-state index >= 15 is 0 Å². The smallest absolute Gasteiger partial charge is 0.243 e. The number of amides is 9. The lowest BCUT2D eigenvalue weighted by molar-refractivity contribution is -0.135. The molecule has 0 bridgehead atoms. The average Bonchev–Trinajstić information content (AvgIpc) is 3.97. The van der Waals surface area contributed by atoms with E-state index in [1.807, 2.05) is 31.2 Å². The van der Waals surface area contributed by atoms with Gasteiger partial charge in [-0.05, 0) is 43.4 Å². The molecule has 67 heavy (non-hydrogen) atoms. The van der Waals surface area contributed by atoms with Gasteiger partial charge in [-0.1, -0.05) is 68.3 Å². The van der Waals surface area contributed by atoms with Gasteiger partial charge in [-0.3, -0.25) is 43.2 Å². The van der Waals surface area contributed by atoms with Crippen molar-refractivity contribution in [1.29, 1.82) is 0 Å². The normalized spacial score (nSPS) is 21.1. The number of carbonyl (C=O) groups excluding carboxylic acids is 9. The van der Waals surface area contributed by atoms with Gasteiger partial charge in [-0.25, -0.2) is 4.98 Å². The Balaban J connectivity index is 1.45. The minimum absolute atomic E-state index is 0.0154. The Hall–Kier alpha value is -7.58. The first kappa shape index (κ1) is 50.4. The number of fused-ring (bicyclic) bond motifs is 1. The molecule has 358 valence electrons. The average molecular weight is 925 g/mol. The Bertz CT molecular complexity index is 2370. The van der Waals surface area contributed by atoms with Crippen molar-refractivity contribution >= 4 is 64.1 Å². The van der Waals surface area contributed by atoms with Crippen LogP contribution in [0.4, 0.5) is 0 Å². The maximum absolute atomic E-state index is 14.3. The van der Waals surface area contributed by atoms with Gasteiger partial charge in [0.05, 0.1) is 12.0 Å². The first-order valence-corrected chi connectivity index (χ1v) is 22.3. The quantitative estimate of drug-likeness (QED) is 0.0715. The zero-order valence-electron chi connectivity index (χ0n) is 37.7. The van der Waals surface area contributed by atoms with E-state index in [9.17, 15) is 43.2 Å². The zero-order valence-corrected chi connectivity index (χ0v) is 37.7. The number of primary amides is 1. The second-order valence-electron chi connectivity index (χ2n) is 16.5. The molecule has 4 aromatic rings. The molecule has 0 radical (unpaired) electrons. The number of hydrogen-bond acceptors (Lipinski definition) is 10. The number of aromatic nitrogens is 3. The molecule has 1 aliphatic heterocycles. The third kappa shape index (κ3) is 15.3. The second-order valence-corrected chi connectivity index (χ2v) is 16.5. The number of benzene rings is 2. The highest BCUT2D eigenvalue weighted by Gasteiger charge is 2.34. The van der Waals surface area contributed by atoms with Crippen LogP contribution in [0, 0.1) is 0 Å². The summed E-state index contributed by atoms with van der Waals surface area (Å²) < 4.78 is 0. The van der Waals surface area contributed by atoms with Crippen molar-refractivity contribution in [3.63, 3.8) is 0 Å². The van der Waals surface area contributed by atoms with Gasteiger partial charge in [0, 0.05) is 62.4 Å². The largest absolute Gasteiger partial charge is 0.368 e. The van der Waals surface area contributed by atoms with Crippen LogP contribution in [0.5, 0.6) is 0 Å². The lowest BCUT2D eigenvalue weighted by Crippen LogP contribution is -2.60. The molecule has 21 heteroatoms. The number of rotatable bonds is 15. The number of para-hydroxylation sites is 1. The molecular formula is C46H60N12O9. The van der Waals surface area contributed by atoms with Gasteiger partial charge in [0.25, 0.3) is 0 Å². The van der Waals surface area contributed by atoms with E-state index in [2.05, 4.69) is 57.5 Å². The fraction of sp³-hybridized carbons (Fsp3) is 0.435. The molecule has 7 atom stereocenters.